The number of rotatable bonds is 7. The van der Waals surface area contributed by atoms with Gasteiger partial charge in [0, 0.05) is 29.4 Å². The number of nitro benzene ring substituents is 1. The minimum atomic E-state index is -0.586. The highest BCUT2D eigenvalue weighted by Crippen LogP contribution is 2.20. The summed E-state index contributed by atoms with van der Waals surface area (Å²) in [5, 5.41) is 13.4. The number of esters is 1. The van der Waals surface area contributed by atoms with Crippen LogP contribution in [0.25, 0.3) is 0 Å². The van der Waals surface area contributed by atoms with Crippen LogP contribution in [0, 0.1) is 24.0 Å². The normalized spacial score (nSPS) is 10.3. The summed E-state index contributed by atoms with van der Waals surface area (Å²) in [6, 6.07) is 17.1. The Morgan fingerprint density at radius 3 is 2.35 bits per heavy atom. The third-order valence-corrected chi connectivity index (χ3v) is 4.50. The lowest BCUT2D eigenvalue weighted by Gasteiger charge is -2.10. The second kappa shape index (κ2) is 9.53. The first-order chi connectivity index (χ1) is 14.8. The Bertz CT molecular complexity index is 1130. The van der Waals surface area contributed by atoms with Crippen LogP contribution < -0.4 is 14.8 Å². The molecular formula is C23H20N2O6. The van der Waals surface area contributed by atoms with Gasteiger partial charge in [-0.2, -0.15) is 0 Å². The van der Waals surface area contributed by atoms with Gasteiger partial charge in [-0.05, 0) is 61.4 Å². The summed E-state index contributed by atoms with van der Waals surface area (Å²) in [6.45, 7) is 3.68. The molecule has 0 radical (unpaired) electrons. The highest BCUT2D eigenvalue weighted by atomic mass is 16.6. The Labute approximate surface area is 178 Å². The summed E-state index contributed by atoms with van der Waals surface area (Å²) < 4.78 is 10.7. The van der Waals surface area contributed by atoms with Crippen molar-refractivity contribution >= 4 is 23.3 Å². The molecule has 3 aromatic rings. The van der Waals surface area contributed by atoms with Gasteiger partial charge < -0.3 is 14.8 Å². The van der Waals surface area contributed by atoms with Gasteiger partial charge in [-0.3, -0.25) is 14.9 Å². The first-order valence-corrected chi connectivity index (χ1v) is 9.38. The second-order valence-electron chi connectivity index (χ2n) is 6.79. The van der Waals surface area contributed by atoms with Crippen molar-refractivity contribution in [1.82, 2.24) is 0 Å². The van der Waals surface area contributed by atoms with Gasteiger partial charge in [0.25, 0.3) is 11.6 Å². The van der Waals surface area contributed by atoms with Crippen molar-refractivity contribution < 1.29 is 24.0 Å². The van der Waals surface area contributed by atoms with E-state index < -0.39 is 16.8 Å². The van der Waals surface area contributed by atoms with E-state index in [2.05, 4.69) is 5.32 Å². The number of hydrogen-bond donors (Lipinski definition) is 1. The summed E-state index contributed by atoms with van der Waals surface area (Å²) in [5.41, 5.74) is 2.75. The maximum atomic E-state index is 12.3. The van der Waals surface area contributed by atoms with E-state index in [0.717, 1.165) is 11.1 Å². The fourth-order valence-electron chi connectivity index (χ4n) is 2.68. The Morgan fingerprint density at radius 1 is 0.935 bits per heavy atom. The van der Waals surface area contributed by atoms with Crippen LogP contribution in [-0.4, -0.2) is 23.4 Å². The molecule has 0 fully saturated rings. The lowest BCUT2D eigenvalue weighted by atomic mass is 10.1. The minimum absolute atomic E-state index is 0.103. The lowest BCUT2D eigenvalue weighted by molar-refractivity contribution is -0.384. The lowest BCUT2D eigenvalue weighted by Crippen LogP contribution is -2.18. The van der Waals surface area contributed by atoms with E-state index in [1.54, 1.807) is 24.3 Å². The predicted octanol–water partition coefficient (Wildman–Crippen LogP) is 4.45. The van der Waals surface area contributed by atoms with Gasteiger partial charge in [-0.15, -0.1) is 0 Å². The molecule has 0 aliphatic heterocycles. The van der Waals surface area contributed by atoms with Crippen LogP contribution >= 0.6 is 0 Å². The van der Waals surface area contributed by atoms with Crippen LogP contribution in [0.3, 0.4) is 0 Å². The first-order valence-electron chi connectivity index (χ1n) is 9.38. The maximum Gasteiger partial charge on any atom is 0.349 e. The Kier molecular flexibility index (Phi) is 6.61. The number of ether oxygens (including phenoxy) is 2. The van der Waals surface area contributed by atoms with E-state index in [1.807, 2.05) is 26.0 Å². The molecule has 3 aromatic carbocycles. The van der Waals surface area contributed by atoms with Crippen molar-refractivity contribution in [2.24, 2.45) is 0 Å². The molecule has 1 amide bonds. The molecule has 8 nitrogen and oxygen atoms in total. The Balaban J connectivity index is 1.57. The quantitative estimate of drug-likeness (QED) is 0.262. The molecule has 0 saturated heterocycles. The van der Waals surface area contributed by atoms with Crippen molar-refractivity contribution in [1.29, 1.82) is 0 Å². The van der Waals surface area contributed by atoms with Crippen LogP contribution in [0.4, 0.5) is 11.4 Å². The van der Waals surface area contributed by atoms with Crippen LogP contribution in [0.15, 0.2) is 66.7 Å². The van der Waals surface area contributed by atoms with Crippen molar-refractivity contribution in [2.75, 3.05) is 11.9 Å². The average Bonchev–Trinajstić information content (AvgIpc) is 2.75. The molecule has 0 aromatic heterocycles. The molecular weight excluding hydrogens is 400 g/mol. The number of non-ortho nitro benzene ring substituents is 1. The van der Waals surface area contributed by atoms with E-state index in [1.165, 1.54) is 30.3 Å². The maximum absolute atomic E-state index is 12.3. The number of nitro groups is 1. The van der Waals surface area contributed by atoms with Crippen molar-refractivity contribution in [2.45, 2.75) is 13.8 Å². The molecule has 0 aliphatic carbocycles. The number of carbonyl (C=O) groups is 2. The monoisotopic (exact) mass is 420 g/mol. The highest BCUT2D eigenvalue weighted by molar-refractivity contribution is 6.04. The van der Waals surface area contributed by atoms with Gasteiger partial charge >= 0.3 is 5.97 Å². The third-order valence-electron chi connectivity index (χ3n) is 4.50. The highest BCUT2D eigenvalue weighted by Gasteiger charge is 2.11. The average molecular weight is 420 g/mol. The van der Waals surface area contributed by atoms with E-state index in [4.69, 9.17) is 9.47 Å². The van der Waals surface area contributed by atoms with Crippen LogP contribution in [-0.2, 0) is 4.79 Å². The number of carbonyl (C=O) groups excluding carboxylic acids is 2. The topological polar surface area (TPSA) is 108 Å². The van der Waals surface area contributed by atoms with E-state index in [9.17, 15) is 19.7 Å². The number of aryl methyl sites for hydroxylation is 2. The van der Waals surface area contributed by atoms with Gasteiger partial charge in [-0.1, -0.05) is 12.1 Å². The van der Waals surface area contributed by atoms with Crippen LogP contribution in [0.1, 0.15) is 21.5 Å². The molecule has 0 aliphatic rings. The fraction of sp³-hybridized carbons (Fsp3) is 0.130. The zero-order valence-electron chi connectivity index (χ0n) is 17.0. The van der Waals surface area contributed by atoms with Gasteiger partial charge in [0.15, 0.2) is 6.61 Å². The van der Waals surface area contributed by atoms with Crippen LogP contribution in [0.5, 0.6) is 11.5 Å². The number of hydrogen-bond acceptors (Lipinski definition) is 6. The van der Waals surface area contributed by atoms with Crippen molar-refractivity contribution in [3.8, 4) is 11.5 Å². The molecule has 3 rings (SSSR count). The molecule has 31 heavy (non-hydrogen) atoms. The summed E-state index contributed by atoms with van der Waals surface area (Å²) in [4.78, 5) is 34.6. The van der Waals surface area contributed by atoms with E-state index in [-0.39, 0.29) is 23.6 Å². The van der Waals surface area contributed by atoms with E-state index >= 15 is 0 Å². The standard InChI is InChI=1S/C23H20N2O6/c1-15-6-11-20(12-16(15)2)30-14-22(26)31-21-5-3-4-18(13-21)24-23(27)17-7-9-19(10-8-17)25(28)29/h3-13H,14H2,1-2H3,(H,24,27). The summed E-state index contributed by atoms with van der Waals surface area (Å²) >= 11 is 0. The Hall–Kier alpha value is -4.20. The van der Waals surface area contributed by atoms with Crippen molar-refractivity contribution in [3.05, 3.63) is 93.5 Å². The van der Waals surface area contributed by atoms with Gasteiger partial charge in [0.2, 0.25) is 0 Å². The smallest absolute Gasteiger partial charge is 0.349 e. The van der Waals surface area contributed by atoms with Gasteiger partial charge in [0.1, 0.15) is 11.5 Å². The predicted molar refractivity (Wildman–Crippen MR) is 115 cm³/mol. The first kappa shape index (κ1) is 21.5. The number of nitrogens with zero attached hydrogens (tertiary/aromatic N) is 1. The molecule has 1 N–H and O–H groups in total. The Morgan fingerprint density at radius 2 is 1.68 bits per heavy atom. The third kappa shape index (κ3) is 5.89. The summed E-state index contributed by atoms with van der Waals surface area (Å²) in [5.74, 6) is -0.215. The molecule has 0 heterocycles. The van der Waals surface area contributed by atoms with Crippen LogP contribution in [0.2, 0.25) is 0 Å². The zero-order valence-corrected chi connectivity index (χ0v) is 17.0. The summed E-state index contributed by atoms with van der Waals surface area (Å²) in [6.07, 6.45) is 0. The SMILES string of the molecule is Cc1ccc(OCC(=O)Oc2cccc(NC(=O)c3ccc([N+](=O)[O-])cc3)c2)cc1C. The fourth-order valence-corrected chi connectivity index (χ4v) is 2.68. The molecule has 0 saturated carbocycles. The molecule has 0 atom stereocenters. The van der Waals surface area contributed by atoms with Gasteiger partial charge in [-0.25, -0.2) is 4.79 Å². The van der Waals surface area contributed by atoms with Gasteiger partial charge in [0.05, 0.1) is 4.92 Å². The van der Waals surface area contributed by atoms with E-state index in [0.29, 0.717) is 11.4 Å². The van der Waals surface area contributed by atoms with Crippen molar-refractivity contribution in [3.63, 3.8) is 0 Å². The molecule has 0 bridgehead atoms. The molecule has 8 heteroatoms. The zero-order chi connectivity index (χ0) is 22.4. The molecule has 0 spiro atoms. The molecule has 0 unspecified atom stereocenters. The minimum Gasteiger partial charge on any atom is -0.482 e. The number of benzene rings is 3. The number of anilines is 1. The second-order valence-corrected chi connectivity index (χ2v) is 6.79. The largest absolute Gasteiger partial charge is 0.482 e. The number of nitrogens with one attached hydrogen (secondary N) is 1. The molecule has 158 valence electrons. The number of amides is 1. The summed E-state index contributed by atoms with van der Waals surface area (Å²) in [7, 11) is 0.